The second kappa shape index (κ2) is 6.55. The van der Waals surface area contributed by atoms with Crippen molar-refractivity contribution in [1.82, 2.24) is 5.32 Å². The van der Waals surface area contributed by atoms with Gasteiger partial charge in [0.05, 0.1) is 11.6 Å². The lowest BCUT2D eigenvalue weighted by Crippen LogP contribution is -2.17. The van der Waals surface area contributed by atoms with Gasteiger partial charge < -0.3 is 10.1 Å². The summed E-state index contributed by atoms with van der Waals surface area (Å²) in [5.74, 6) is 0.772. The van der Waals surface area contributed by atoms with Crippen LogP contribution in [0.1, 0.15) is 45.6 Å². The molecular weight excluding hydrogens is 293 g/mol. The number of benzene rings is 1. The van der Waals surface area contributed by atoms with Gasteiger partial charge in [-0.2, -0.15) is 0 Å². The molecule has 1 aromatic rings. The van der Waals surface area contributed by atoms with E-state index in [9.17, 15) is 0 Å². The molecule has 2 rings (SSSR count). The third kappa shape index (κ3) is 5.16. The fourth-order valence-corrected chi connectivity index (χ4v) is 2.50. The van der Waals surface area contributed by atoms with Crippen molar-refractivity contribution in [3.8, 4) is 5.75 Å². The number of rotatable bonds is 6. The monoisotopic (exact) mass is 315 g/mol. The average Bonchev–Trinajstić information content (AvgIpc) is 3.11. The van der Waals surface area contributed by atoms with Crippen molar-refractivity contribution in [3.63, 3.8) is 0 Å². The Morgan fingerprint density at radius 2 is 1.95 bits per heavy atom. The quantitative estimate of drug-likeness (QED) is 0.792. The minimum atomic E-state index is 0.255. The molecule has 0 radical (unpaired) electrons. The number of hydrogen-bond donors (Lipinski definition) is 1. The zero-order chi connectivity index (χ0) is 14.8. The predicted octanol–water partition coefficient (Wildman–Crippen LogP) is 5.06. The van der Waals surface area contributed by atoms with Gasteiger partial charge in [0, 0.05) is 23.2 Å². The highest BCUT2D eigenvalue weighted by Gasteiger charge is 2.21. The summed E-state index contributed by atoms with van der Waals surface area (Å²) in [4.78, 5) is 0. The van der Waals surface area contributed by atoms with Gasteiger partial charge in [0.15, 0.2) is 0 Å². The molecule has 20 heavy (non-hydrogen) atoms. The average molecular weight is 316 g/mol. The van der Waals surface area contributed by atoms with Crippen molar-refractivity contribution in [1.29, 1.82) is 0 Å². The van der Waals surface area contributed by atoms with Crippen LogP contribution >= 0.6 is 23.2 Å². The first-order valence-corrected chi connectivity index (χ1v) is 7.95. The van der Waals surface area contributed by atoms with Gasteiger partial charge in [-0.05, 0) is 36.8 Å². The van der Waals surface area contributed by atoms with Gasteiger partial charge in [0.2, 0.25) is 0 Å². The molecule has 1 N–H and O–H groups in total. The predicted molar refractivity (Wildman–Crippen MR) is 85.9 cm³/mol. The van der Waals surface area contributed by atoms with E-state index in [1.807, 2.05) is 6.07 Å². The van der Waals surface area contributed by atoms with Crippen molar-refractivity contribution in [2.24, 2.45) is 5.41 Å². The van der Waals surface area contributed by atoms with Crippen LogP contribution in [0.2, 0.25) is 10.0 Å². The van der Waals surface area contributed by atoms with Gasteiger partial charge >= 0.3 is 0 Å². The highest BCUT2D eigenvalue weighted by atomic mass is 35.5. The van der Waals surface area contributed by atoms with Gasteiger partial charge in [-0.1, -0.05) is 44.0 Å². The van der Waals surface area contributed by atoms with Crippen LogP contribution in [0.4, 0.5) is 0 Å². The van der Waals surface area contributed by atoms with Gasteiger partial charge in [0.25, 0.3) is 0 Å². The van der Waals surface area contributed by atoms with Crippen molar-refractivity contribution < 1.29 is 4.74 Å². The van der Waals surface area contributed by atoms with Crippen LogP contribution in [0.3, 0.4) is 0 Å². The largest absolute Gasteiger partial charge is 0.492 e. The molecule has 2 nitrogen and oxygen atoms in total. The summed E-state index contributed by atoms with van der Waals surface area (Å²) in [6.45, 7) is 8.04. The van der Waals surface area contributed by atoms with Crippen molar-refractivity contribution in [2.75, 3.05) is 6.61 Å². The molecule has 0 bridgehead atoms. The summed E-state index contributed by atoms with van der Waals surface area (Å²) in [5, 5.41) is 4.73. The molecular formula is C16H23Cl2NO. The third-order valence-electron chi connectivity index (χ3n) is 3.34. The summed E-state index contributed by atoms with van der Waals surface area (Å²) in [7, 11) is 0. The molecule has 112 valence electrons. The molecule has 0 heterocycles. The van der Waals surface area contributed by atoms with E-state index in [0.717, 1.165) is 24.3 Å². The molecule has 0 aromatic heterocycles. The first-order chi connectivity index (χ1) is 9.35. The molecule has 0 spiro atoms. The topological polar surface area (TPSA) is 21.3 Å². The maximum Gasteiger partial charge on any atom is 0.142 e. The van der Waals surface area contributed by atoms with Crippen LogP contribution in [-0.2, 0) is 6.54 Å². The molecule has 1 saturated carbocycles. The lowest BCUT2D eigenvalue weighted by molar-refractivity contribution is 0.241. The summed E-state index contributed by atoms with van der Waals surface area (Å²) >= 11 is 12.4. The molecule has 0 saturated heterocycles. The Kier molecular flexibility index (Phi) is 5.22. The van der Waals surface area contributed by atoms with Crippen molar-refractivity contribution in [2.45, 2.75) is 52.6 Å². The lowest BCUT2D eigenvalue weighted by Gasteiger charge is -2.20. The second-order valence-electron chi connectivity index (χ2n) is 6.69. The summed E-state index contributed by atoms with van der Waals surface area (Å²) < 4.78 is 5.92. The zero-order valence-corrected chi connectivity index (χ0v) is 13.9. The Balaban J connectivity index is 2.03. The molecule has 0 atom stereocenters. The number of halogens is 2. The molecule has 0 aliphatic heterocycles. The highest BCUT2D eigenvalue weighted by Crippen LogP contribution is 2.34. The van der Waals surface area contributed by atoms with Gasteiger partial charge in [-0.3, -0.25) is 0 Å². The third-order valence-corrected chi connectivity index (χ3v) is 3.84. The van der Waals surface area contributed by atoms with Gasteiger partial charge in [-0.25, -0.2) is 0 Å². The maximum absolute atomic E-state index is 6.28. The molecule has 4 heteroatoms. The van der Waals surface area contributed by atoms with E-state index < -0.39 is 0 Å². The second-order valence-corrected chi connectivity index (χ2v) is 7.53. The molecule has 1 aromatic carbocycles. The fourth-order valence-electron chi connectivity index (χ4n) is 1.91. The minimum absolute atomic E-state index is 0.255. The van der Waals surface area contributed by atoms with E-state index in [1.54, 1.807) is 6.07 Å². The van der Waals surface area contributed by atoms with E-state index in [-0.39, 0.29) is 5.41 Å². The number of nitrogens with one attached hydrogen (secondary N) is 1. The molecule has 1 aliphatic carbocycles. The van der Waals surface area contributed by atoms with Crippen molar-refractivity contribution >= 4 is 23.2 Å². The van der Waals surface area contributed by atoms with E-state index >= 15 is 0 Å². The molecule has 0 unspecified atom stereocenters. The van der Waals surface area contributed by atoms with Gasteiger partial charge in [-0.15, -0.1) is 0 Å². The summed E-state index contributed by atoms with van der Waals surface area (Å²) in [6, 6.07) is 4.33. The smallest absolute Gasteiger partial charge is 0.142 e. The van der Waals surface area contributed by atoms with Crippen molar-refractivity contribution in [3.05, 3.63) is 27.7 Å². The SMILES string of the molecule is CC(C)(C)CCOc1c(Cl)cc(Cl)cc1CNC1CC1. The fraction of sp³-hybridized carbons (Fsp3) is 0.625. The highest BCUT2D eigenvalue weighted by molar-refractivity contribution is 6.35. The normalized spacial score (nSPS) is 15.4. The van der Waals surface area contributed by atoms with Gasteiger partial charge in [0.1, 0.15) is 5.75 Å². The summed E-state index contributed by atoms with van der Waals surface area (Å²) in [6.07, 6.45) is 3.50. The standard InChI is InChI=1S/C16H23Cl2NO/c1-16(2,3)6-7-20-15-11(10-19-13-4-5-13)8-12(17)9-14(15)18/h8-9,13,19H,4-7,10H2,1-3H3. The van der Waals surface area contributed by atoms with Crippen LogP contribution in [0.25, 0.3) is 0 Å². The Hall–Kier alpha value is -0.440. The lowest BCUT2D eigenvalue weighted by atomic mass is 9.93. The minimum Gasteiger partial charge on any atom is -0.492 e. The van der Waals surface area contributed by atoms with E-state index in [1.165, 1.54) is 12.8 Å². The molecule has 1 fully saturated rings. The molecule has 0 amide bonds. The van der Waals surface area contributed by atoms with Crippen LogP contribution in [0, 0.1) is 5.41 Å². The van der Waals surface area contributed by atoms with Crippen LogP contribution < -0.4 is 10.1 Å². The maximum atomic E-state index is 6.28. The first-order valence-electron chi connectivity index (χ1n) is 7.19. The van der Waals surface area contributed by atoms with Crippen LogP contribution in [0.5, 0.6) is 5.75 Å². The Bertz CT molecular complexity index is 464. The zero-order valence-electron chi connectivity index (χ0n) is 12.4. The van der Waals surface area contributed by atoms with Crippen LogP contribution in [-0.4, -0.2) is 12.6 Å². The summed E-state index contributed by atoms with van der Waals surface area (Å²) in [5.41, 5.74) is 1.30. The number of hydrogen-bond acceptors (Lipinski definition) is 2. The Morgan fingerprint density at radius 1 is 1.25 bits per heavy atom. The van der Waals surface area contributed by atoms with Crippen LogP contribution in [0.15, 0.2) is 12.1 Å². The van der Waals surface area contributed by atoms with E-state index in [2.05, 4.69) is 26.1 Å². The molecule has 1 aliphatic rings. The van der Waals surface area contributed by atoms with E-state index in [4.69, 9.17) is 27.9 Å². The first kappa shape index (κ1) is 15.9. The Morgan fingerprint density at radius 3 is 2.55 bits per heavy atom. The number of ether oxygens (including phenoxy) is 1. The Labute approximate surface area is 131 Å². The van der Waals surface area contributed by atoms with E-state index in [0.29, 0.717) is 22.7 Å².